The van der Waals surface area contributed by atoms with Crippen LogP contribution >= 0.6 is 34.6 Å². The van der Waals surface area contributed by atoms with Crippen LogP contribution in [-0.2, 0) is 0 Å². The summed E-state index contributed by atoms with van der Waals surface area (Å²) in [4.78, 5) is 14.5. The second-order valence-electron chi connectivity index (χ2n) is 4.13. The molecule has 0 amide bonds. The molecule has 0 aliphatic rings. The van der Waals surface area contributed by atoms with Crippen molar-refractivity contribution in [2.24, 2.45) is 0 Å². The Balaban J connectivity index is 1.96. The van der Waals surface area contributed by atoms with Crippen LogP contribution in [0.25, 0.3) is 10.2 Å². The van der Waals surface area contributed by atoms with E-state index in [-0.39, 0.29) is 0 Å². The number of aromatic nitrogens is 4. The number of nitrogens with one attached hydrogen (secondary N) is 1. The van der Waals surface area contributed by atoms with E-state index in [1.165, 1.54) is 11.5 Å². The molecular weight excluding hydrogens is 310 g/mol. The zero-order valence-corrected chi connectivity index (χ0v) is 13.5. The van der Waals surface area contributed by atoms with Crippen LogP contribution in [0.2, 0.25) is 0 Å². The van der Waals surface area contributed by atoms with Crippen molar-refractivity contribution in [2.45, 2.75) is 29.6 Å². The molecule has 0 saturated carbocycles. The third-order valence-corrected chi connectivity index (χ3v) is 5.17. The molecule has 0 unspecified atom stereocenters. The van der Waals surface area contributed by atoms with E-state index in [0.717, 1.165) is 38.4 Å². The smallest absolute Gasteiger partial charge is 0.225 e. The standard InChI is InChI=1S/C12H13N5S3/c1-3-5-13-11-15-9-8(4-6-18-9)10(16-11)19-12-14-7(2)17-20-12/h4,6H,3,5H2,1-2H3,(H,13,15,16). The van der Waals surface area contributed by atoms with Crippen molar-refractivity contribution in [1.82, 2.24) is 19.3 Å². The molecule has 1 N–H and O–H groups in total. The first-order valence-electron chi connectivity index (χ1n) is 6.23. The first kappa shape index (κ1) is 13.7. The van der Waals surface area contributed by atoms with Crippen LogP contribution in [0.15, 0.2) is 20.8 Å². The summed E-state index contributed by atoms with van der Waals surface area (Å²) in [5.41, 5.74) is 0. The van der Waals surface area contributed by atoms with E-state index in [1.807, 2.05) is 12.3 Å². The minimum atomic E-state index is 0.686. The maximum atomic E-state index is 4.60. The fraction of sp³-hybridized carbons (Fsp3) is 0.333. The highest BCUT2D eigenvalue weighted by molar-refractivity contribution is 8.01. The lowest BCUT2D eigenvalue weighted by atomic mass is 10.4. The number of fused-ring (bicyclic) bond motifs is 1. The van der Waals surface area contributed by atoms with Gasteiger partial charge in [0.05, 0.1) is 0 Å². The number of nitrogens with zero attached hydrogens (tertiary/aromatic N) is 4. The summed E-state index contributed by atoms with van der Waals surface area (Å²) in [5.74, 6) is 1.49. The molecule has 8 heteroatoms. The van der Waals surface area contributed by atoms with Crippen molar-refractivity contribution in [2.75, 3.05) is 11.9 Å². The Morgan fingerprint density at radius 2 is 2.20 bits per heavy atom. The van der Waals surface area contributed by atoms with Gasteiger partial charge in [0.15, 0.2) is 4.34 Å². The van der Waals surface area contributed by atoms with Crippen molar-refractivity contribution in [1.29, 1.82) is 0 Å². The molecule has 20 heavy (non-hydrogen) atoms. The molecule has 0 aliphatic carbocycles. The van der Waals surface area contributed by atoms with Gasteiger partial charge in [0, 0.05) is 11.9 Å². The van der Waals surface area contributed by atoms with Gasteiger partial charge in [0.2, 0.25) is 5.95 Å². The molecule has 5 nitrogen and oxygen atoms in total. The van der Waals surface area contributed by atoms with Crippen molar-refractivity contribution in [3.8, 4) is 0 Å². The average Bonchev–Trinajstić information content (AvgIpc) is 3.05. The van der Waals surface area contributed by atoms with Gasteiger partial charge in [0.1, 0.15) is 15.7 Å². The third-order valence-electron chi connectivity index (χ3n) is 2.52. The zero-order chi connectivity index (χ0) is 13.9. The average molecular weight is 323 g/mol. The molecule has 0 aliphatic heterocycles. The number of hydrogen-bond acceptors (Lipinski definition) is 8. The molecule has 0 radical (unpaired) electrons. The van der Waals surface area contributed by atoms with Crippen LogP contribution in [0, 0.1) is 6.92 Å². The topological polar surface area (TPSA) is 63.6 Å². The lowest BCUT2D eigenvalue weighted by molar-refractivity contribution is 0.946. The van der Waals surface area contributed by atoms with Gasteiger partial charge in [-0.15, -0.1) is 11.3 Å². The summed E-state index contributed by atoms with van der Waals surface area (Å²) in [6.45, 7) is 4.89. The van der Waals surface area contributed by atoms with E-state index in [2.05, 4.69) is 37.6 Å². The minimum absolute atomic E-state index is 0.686. The van der Waals surface area contributed by atoms with Gasteiger partial charge in [0.25, 0.3) is 0 Å². The molecule has 3 heterocycles. The van der Waals surface area contributed by atoms with E-state index >= 15 is 0 Å². The second kappa shape index (κ2) is 6.02. The van der Waals surface area contributed by atoms with Crippen molar-refractivity contribution in [3.63, 3.8) is 0 Å². The highest BCUT2D eigenvalue weighted by Gasteiger charge is 2.12. The fourth-order valence-electron chi connectivity index (χ4n) is 1.62. The molecule has 0 atom stereocenters. The molecule has 3 aromatic heterocycles. The Morgan fingerprint density at radius 1 is 1.30 bits per heavy atom. The van der Waals surface area contributed by atoms with Gasteiger partial charge in [-0.1, -0.05) is 6.92 Å². The zero-order valence-electron chi connectivity index (χ0n) is 11.1. The summed E-state index contributed by atoms with van der Waals surface area (Å²) in [5, 5.41) is 7.30. The Hall–Kier alpha value is -1.25. The maximum absolute atomic E-state index is 4.60. The largest absolute Gasteiger partial charge is 0.354 e. The van der Waals surface area contributed by atoms with E-state index < -0.39 is 0 Å². The van der Waals surface area contributed by atoms with Gasteiger partial charge < -0.3 is 5.32 Å². The van der Waals surface area contributed by atoms with Crippen LogP contribution in [-0.4, -0.2) is 25.9 Å². The Labute approximate surface area is 129 Å². The highest BCUT2D eigenvalue weighted by atomic mass is 32.2. The minimum Gasteiger partial charge on any atom is -0.354 e. The van der Waals surface area contributed by atoms with E-state index in [4.69, 9.17) is 0 Å². The molecule has 3 rings (SSSR count). The Kier molecular flexibility index (Phi) is 4.13. The number of thiophene rings is 1. The van der Waals surface area contributed by atoms with Crippen molar-refractivity contribution in [3.05, 3.63) is 17.3 Å². The second-order valence-corrected chi connectivity index (χ2v) is 7.01. The fourth-order valence-corrected chi connectivity index (χ4v) is 4.12. The molecule has 0 spiro atoms. The first-order valence-corrected chi connectivity index (χ1v) is 8.70. The summed E-state index contributed by atoms with van der Waals surface area (Å²) in [6.07, 6.45) is 1.05. The summed E-state index contributed by atoms with van der Waals surface area (Å²) < 4.78 is 5.12. The summed E-state index contributed by atoms with van der Waals surface area (Å²) >= 11 is 4.58. The van der Waals surface area contributed by atoms with Crippen LogP contribution < -0.4 is 5.32 Å². The van der Waals surface area contributed by atoms with Crippen molar-refractivity contribution < 1.29 is 0 Å². The lowest BCUT2D eigenvalue weighted by Crippen LogP contribution is -2.04. The SMILES string of the molecule is CCCNc1nc(Sc2nc(C)ns2)c2ccsc2n1. The van der Waals surface area contributed by atoms with Crippen LogP contribution in [0.5, 0.6) is 0 Å². The Morgan fingerprint density at radius 3 is 2.95 bits per heavy atom. The monoisotopic (exact) mass is 323 g/mol. The predicted octanol–water partition coefficient (Wildman–Crippen LogP) is 3.82. The third kappa shape index (κ3) is 2.92. The number of rotatable bonds is 5. The van der Waals surface area contributed by atoms with Gasteiger partial charge in [-0.3, -0.25) is 0 Å². The van der Waals surface area contributed by atoms with Gasteiger partial charge in [-0.25, -0.2) is 15.0 Å². The van der Waals surface area contributed by atoms with E-state index in [1.54, 1.807) is 23.1 Å². The van der Waals surface area contributed by atoms with Gasteiger partial charge >= 0.3 is 0 Å². The maximum Gasteiger partial charge on any atom is 0.225 e. The molecule has 0 bridgehead atoms. The summed E-state index contributed by atoms with van der Waals surface area (Å²) in [7, 11) is 0. The molecule has 0 aromatic carbocycles. The van der Waals surface area contributed by atoms with Crippen LogP contribution in [0.4, 0.5) is 5.95 Å². The lowest BCUT2D eigenvalue weighted by Gasteiger charge is -2.05. The highest BCUT2D eigenvalue weighted by Crippen LogP contribution is 2.34. The van der Waals surface area contributed by atoms with E-state index in [9.17, 15) is 0 Å². The van der Waals surface area contributed by atoms with Crippen LogP contribution in [0.3, 0.4) is 0 Å². The van der Waals surface area contributed by atoms with Crippen LogP contribution in [0.1, 0.15) is 19.2 Å². The van der Waals surface area contributed by atoms with Gasteiger partial charge in [-0.05, 0) is 48.1 Å². The molecular formula is C12H13N5S3. The molecule has 0 fully saturated rings. The van der Waals surface area contributed by atoms with E-state index in [0.29, 0.717) is 5.95 Å². The molecule has 104 valence electrons. The number of aryl methyl sites for hydroxylation is 1. The molecule has 0 saturated heterocycles. The normalized spacial score (nSPS) is 11.1. The molecule has 3 aromatic rings. The quantitative estimate of drug-likeness (QED) is 0.720. The first-order chi connectivity index (χ1) is 9.76. The number of anilines is 1. The summed E-state index contributed by atoms with van der Waals surface area (Å²) in [6, 6.07) is 2.06. The van der Waals surface area contributed by atoms with Gasteiger partial charge in [-0.2, -0.15) is 4.37 Å². The number of hydrogen-bond donors (Lipinski definition) is 1. The Bertz CT molecular complexity index is 721. The van der Waals surface area contributed by atoms with Crippen molar-refractivity contribution >= 4 is 50.8 Å². The predicted molar refractivity (Wildman–Crippen MR) is 85.0 cm³/mol.